The lowest BCUT2D eigenvalue weighted by Crippen LogP contribution is -2.61. The first-order chi connectivity index (χ1) is 28.2. The number of nitrogens with one attached hydrogen (secondary N) is 3. The molecule has 1 atom stereocenters. The van der Waals surface area contributed by atoms with E-state index in [1.54, 1.807) is 49.1 Å². The topological polar surface area (TPSA) is 163 Å². The van der Waals surface area contributed by atoms with Gasteiger partial charge in [-0.05, 0) is 101 Å². The number of piperidine rings is 1. The number of pyridine rings is 1. The SMILES string of the molecule is CCc1cc(N2C(=S)N(c3cnc(C#N)c(C(F)(F)F)c3)C(=O)C2(C)C)ccc1OCCN1CCN(CC(=O)Nc2cc(Cl)cc(NC3CCC(=O)NC3=O)c2)C(C)(C)C1. The number of ether oxygens (including phenoxy) is 1. The van der Waals surface area contributed by atoms with Crippen LogP contribution in [0.25, 0.3) is 0 Å². The van der Waals surface area contributed by atoms with Crippen molar-refractivity contribution in [2.75, 3.05) is 59.8 Å². The van der Waals surface area contributed by atoms with Crippen LogP contribution in [0, 0.1) is 11.3 Å². The molecule has 0 spiro atoms. The predicted molar refractivity (Wildman–Crippen MR) is 224 cm³/mol. The number of imide groups is 1. The summed E-state index contributed by atoms with van der Waals surface area (Å²) in [6.45, 7) is 12.5. The molecular weight excluding hydrogens is 823 g/mol. The van der Waals surface area contributed by atoms with Crippen LogP contribution in [-0.2, 0) is 31.8 Å². The van der Waals surface area contributed by atoms with E-state index in [2.05, 4.69) is 44.6 Å². The van der Waals surface area contributed by atoms with E-state index >= 15 is 0 Å². The number of nitrogens with zero attached hydrogens (tertiary/aromatic N) is 6. The van der Waals surface area contributed by atoms with Gasteiger partial charge in [0.25, 0.3) is 5.91 Å². The lowest BCUT2D eigenvalue weighted by Gasteiger charge is -2.46. The van der Waals surface area contributed by atoms with E-state index in [0.717, 1.165) is 16.7 Å². The number of rotatable bonds is 12. The number of hydrogen-bond donors (Lipinski definition) is 3. The number of anilines is 4. The Bertz CT molecular complexity index is 2270. The van der Waals surface area contributed by atoms with Crippen molar-refractivity contribution in [3.05, 3.63) is 70.5 Å². The first kappa shape index (κ1) is 44.2. The number of aromatic nitrogens is 1. The molecule has 318 valence electrons. The van der Waals surface area contributed by atoms with Gasteiger partial charge >= 0.3 is 6.18 Å². The number of carbonyl (C=O) groups is 4. The van der Waals surface area contributed by atoms with Crippen molar-refractivity contribution < 1.29 is 37.1 Å². The Morgan fingerprint density at radius 2 is 1.82 bits per heavy atom. The molecule has 0 aliphatic carbocycles. The Balaban J connectivity index is 1.04. The quantitative estimate of drug-likeness (QED) is 0.150. The summed E-state index contributed by atoms with van der Waals surface area (Å²) in [4.78, 5) is 61.3. The van der Waals surface area contributed by atoms with Gasteiger partial charge in [-0.2, -0.15) is 18.4 Å². The molecule has 3 N–H and O–H groups in total. The van der Waals surface area contributed by atoms with Crippen LogP contribution in [0.1, 0.15) is 64.3 Å². The number of benzene rings is 2. The predicted octanol–water partition coefficient (Wildman–Crippen LogP) is 5.74. The zero-order chi connectivity index (χ0) is 43.7. The summed E-state index contributed by atoms with van der Waals surface area (Å²) in [7, 11) is 0. The number of aryl methyl sites for hydroxylation is 1. The zero-order valence-corrected chi connectivity index (χ0v) is 35.3. The second-order valence-corrected chi connectivity index (χ2v) is 16.7. The minimum Gasteiger partial charge on any atom is -0.492 e. The Kier molecular flexibility index (Phi) is 12.8. The first-order valence-corrected chi connectivity index (χ1v) is 20.1. The summed E-state index contributed by atoms with van der Waals surface area (Å²) < 4.78 is 47.5. The van der Waals surface area contributed by atoms with Crippen molar-refractivity contribution >= 4 is 75.3 Å². The van der Waals surface area contributed by atoms with E-state index < -0.39 is 40.8 Å². The van der Waals surface area contributed by atoms with Crippen molar-refractivity contribution in [3.8, 4) is 11.8 Å². The fourth-order valence-corrected chi connectivity index (χ4v) is 8.43. The Labute approximate surface area is 356 Å². The molecule has 4 heterocycles. The van der Waals surface area contributed by atoms with Crippen LogP contribution in [0.4, 0.5) is 35.9 Å². The van der Waals surface area contributed by atoms with E-state index in [1.807, 2.05) is 13.0 Å². The van der Waals surface area contributed by atoms with Gasteiger partial charge in [-0.3, -0.25) is 39.2 Å². The first-order valence-electron chi connectivity index (χ1n) is 19.3. The highest BCUT2D eigenvalue weighted by atomic mass is 35.5. The average molecular weight is 868 g/mol. The summed E-state index contributed by atoms with van der Waals surface area (Å²) in [5.74, 6) is -0.852. The maximum atomic E-state index is 13.8. The highest BCUT2D eigenvalue weighted by Gasteiger charge is 2.51. The fraction of sp³-hybridized carbons (Fsp3) is 0.439. The molecule has 3 aliphatic heterocycles. The van der Waals surface area contributed by atoms with E-state index in [-0.39, 0.29) is 41.1 Å². The summed E-state index contributed by atoms with van der Waals surface area (Å²) in [6, 6.07) is 11.9. The number of amides is 4. The highest BCUT2D eigenvalue weighted by Crippen LogP contribution is 2.40. The van der Waals surface area contributed by atoms with Gasteiger partial charge in [0.05, 0.1) is 24.0 Å². The van der Waals surface area contributed by atoms with Crippen molar-refractivity contribution in [1.29, 1.82) is 5.26 Å². The maximum absolute atomic E-state index is 13.8. The third kappa shape index (κ3) is 9.49. The Morgan fingerprint density at radius 1 is 1.08 bits per heavy atom. The average Bonchev–Trinajstić information content (AvgIpc) is 3.34. The molecule has 19 heteroatoms. The molecule has 3 aromatic rings. The van der Waals surface area contributed by atoms with Gasteiger partial charge in [-0.15, -0.1) is 0 Å². The zero-order valence-electron chi connectivity index (χ0n) is 33.7. The van der Waals surface area contributed by atoms with Gasteiger partial charge in [0.2, 0.25) is 17.7 Å². The van der Waals surface area contributed by atoms with Crippen molar-refractivity contribution in [2.24, 2.45) is 0 Å². The molecule has 0 saturated carbocycles. The van der Waals surface area contributed by atoms with Crippen LogP contribution in [-0.4, -0.2) is 100.0 Å². The molecule has 1 unspecified atom stereocenters. The molecule has 14 nitrogen and oxygen atoms in total. The molecule has 0 radical (unpaired) electrons. The standard InChI is InChI=1S/C41H45ClF3N9O5S/c1-6-24-15-28(54-38(60)53(37(58)40(54,4)5)29-19-30(41(43,44)45)32(20-46)47-21-29)7-9-33(24)59-14-13-51-11-12-52(39(2,3)23-51)22-35(56)49-27-17-25(42)16-26(18-27)48-31-8-10-34(55)50-36(31)57/h7,9,15-19,21,31,48H,6,8,10-14,22-23H2,1-5H3,(H,49,56)(H,50,55,57). The van der Waals surface area contributed by atoms with Gasteiger partial charge < -0.3 is 20.3 Å². The molecule has 3 fully saturated rings. The largest absolute Gasteiger partial charge is 0.492 e. The number of carbonyl (C=O) groups excluding carboxylic acids is 4. The maximum Gasteiger partial charge on any atom is 0.419 e. The lowest BCUT2D eigenvalue weighted by atomic mass is 9.98. The van der Waals surface area contributed by atoms with Gasteiger partial charge in [-0.1, -0.05) is 18.5 Å². The molecule has 0 bridgehead atoms. The van der Waals surface area contributed by atoms with E-state index in [0.29, 0.717) is 79.5 Å². The monoisotopic (exact) mass is 867 g/mol. The molecule has 2 aromatic carbocycles. The number of piperazine rings is 1. The Morgan fingerprint density at radius 3 is 2.48 bits per heavy atom. The number of alkyl halides is 3. The van der Waals surface area contributed by atoms with Crippen molar-refractivity contribution in [1.82, 2.24) is 20.1 Å². The van der Waals surface area contributed by atoms with E-state index in [9.17, 15) is 37.6 Å². The fourth-order valence-electron chi connectivity index (χ4n) is 7.67. The lowest BCUT2D eigenvalue weighted by molar-refractivity contribution is -0.138. The molecule has 3 aliphatic rings. The van der Waals surface area contributed by atoms with Crippen molar-refractivity contribution in [2.45, 2.75) is 77.2 Å². The molecule has 4 amide bonds. The van der Waals surface area contributed by atoms with Gasteiger partial charge in [0.1, 0.15) is 30.0 Å². The summed E-state index contributed by atoms with van der Waals surface area (Å²) in [5.41, 5.74) is -1.45. The smallest absolute Gasteiger partial charge is 0.419 e. The van der Waals surface area contributed by atoms with Crippen molar-refractivity contribution in [3.63, 3.8) is 0 Å². The number of halogens is 4. The van der Waals surface area contributed by atoms with Crippen LogP contribution < -0.4 is 30.5 Å². The molecule has 1 aromatic heterocycles. The second kappa shape index (κ2) is 17.3. The number of hydrogen-bond acceptors (Lipinski definition) is 11. The van der Waals surface area contributed by atoms with E-state index in [1.165, 1.54) is 6.07 Å². The third-order valence-corrected chi connectivity index (χ3v) is 11.4. The van der Waals surface area contributed by atoms with Gasteiger partial charge in [-0.25, -0.2) is 4.98 Å². The summed E-state index contributed by atoms with van der Waals surface area (Å²) >= 11 is 12.0. The molecular formula is C41H45ClF3N9O5S. The van der Waals surface area contributed by atoms with Gasteiger partial charge in [0, 0.05) is 60.2 Å². The molecule has 6 rings (SSSR count). The van der Waals surface area contributed by atoms with Crippen LogP contribution in [0.5, 0.6) is 5.75 Å². The van der Waals surface area contributed by atoms with Gasteiger partial charge in [0.15, 0.2) is 10.8 Å². The minimum atomic E-state index is -4.86. The summed E-state index contributed by atoms with van der Waals surface area (Å²) in [5, 5.41) is 17.8. The van der Waals surface area contributed by atoms with Crippen LogP contribution >= 0.6 is 23.8 Å². The number of nitriles is 1. The van der Waals surface area contributed by atoms with Crippen LogP contribution in [0.3, 0.4) is 0 Å². The second-order valence-electron chi connectivity index (χ2n) is 15.9. The molecule has 3 saturated heterocycles. The normalized spacial score (nSPS) is 19.6. The van der Waals surface area contributed by atoms with Crippen LogP contribution in [0.15, 0.2) is 48.7 Å². The third-order valence-electron chi connectivity index (χ3n) is 10.8. The molecule has 60 heavy (non-hydrogen) atoms. The Hall–Kier alpha value is -5.35. The highest BCUT2D eigenvalue weighted by molar-refractivity contribution is 7.81. The van der Waals surface area contributed by atoms with E-state index in [4.69, 9.17) is 28.6 Å². The summed E-state index contributed by atoms with van der Waals surface area (Å²) in [6.07, 6.45) is -2.67. The number of thiocarbonyl (C=S) groups is 1. The van der Waals surface area contributed by atoms with Crippen LogP contribution in [0.2, 0.25) is 5.02 Å². The minimum absolute atomic E-state index is 0.0301.